The van der Waals surface area contributed by atoms with Crippen LogP contribution in [0.5, 0.6) is 0 Å². The van der Waals surface area contributed by atoms with Crippen molar-refractivity contribution in [2.45, 2.75) is 12.6 Å². The molecule has 0 N–H and O–H groups in total. The third kappa shape index (κ3) is 3.59. The van der Waals surface area contributed by atoms with Crippen LogP contribution < -0.4 is 0 Å². The van der Waals surface area contributed by atoms with Crippen LogP contribution in [0.15, 0.2) is 22.7 Å². The van der Waals surface area contributed by atoms with Gasteiger partial charge in [0.05, 0.1) is 10.9 Å². The highest BCUT2D eigenvalue weighted by Crippen LogP contribution is 2.35. The lowest BCUT2D eigenvalue weighted by atomic mass is 10.1. The van der Waals surface area contributed by atoms with E-state index in [0.717, 1.165) is 6.07 Å². The molecule has 16 heavy (non-hydrogen) atoms. The van der Waals surface area contributed by atoms with Gasteiger partial charge in [0.2, 0.25) is 0 Å². The predicted molar refractivity (Wildman–Crippen MR) is 61.6 cm³/mol. The van der Waals surface area contributed by atoms with Crippen molar-refractivity contribution >= 4 is 37.6 Å². The molecule has 0 heterocycles. The Morgan fingerprint density at radius 3 is 2.38 bits per heavy atom. The van der Waals surface area contributed by atoms with E-state index in [2.05, 4.69) is 31.9 Å². The second kappa shape index (κ2) is 5.31. The number of carbonyl (C=O) groups is 1. The first-order chi connectivity index (χ1) is 7.34. The number of hydrogen-bond donors (Lipinski definition) is 0. The van der Waals surface area contributed by atoms with E-state index in [4.69, 9.17) is 0 Å². The Hall–Kier alpha value is -0.360. The minimum Gasteiger partial charge on any atom is -0.298 e. The van der Waals surface area contributed by atoms with Gasteiger partial charge in [-0.1, -0.05) is 37.9 Å². The number of rotatable bonds is 3. The van der Waals surface area contributed by atoms with Crippen LogP contribution in [0.3, 0.4) is 0 Å². The van der Waals surface area contributed by atoms with Crippen molar-refractivity contribution < 1.29 is 18.0 Å². The lowest BCUT2D eigenvalue weighted by molar-refractivity contribution is -0.138. The molecule has 1 nitrogen and oxygen atoms in total. The van der Waals surface area contributed by atoms with E-state index in [9.17, 15) is 18.0 Å². The third-order valence-electron chi connectivity index (χ3n) is 1.89. The lowest BCUT2D eigenvalue weighted by Gasteiger charge is -2.10. The summed E-state index contributed by atoms with van der Waals surface area (Å²) in [5.74, 6) is -0.0772. The van der Waals surface area contributed by atoms with E-state index in [-0.39, 0.29) is 22.0 Å². The molecule has 0 saturated carbocycles. The third-order valence-corrected chi connectivity index (χ3v) is 3.17. The molecule has 1 aromatic carbocycles. The fraction of sp³-hybridized carbons (Fsp3) is 0.300. The summed E-state index contributed by atoms with van der Waals surface area (Å²) in [4.78, 5) is 11.1. The van der Waals surface area contributed by atoms with Crippen LogP contribution in [0.2, 0.25) is 0 Å². The van der Waals surface area contributed by atoms with Gasteiger partial charge in [0.25, 0.3) is 0 Å². The Labute approximate surface area is 107 Å². The van der Waals surface area contributed by atoms with Gasteiger partial charge in [-0.15, -0.1) is 0 Å². The Bertz CT molecular complexity index is 402. The second-order valence-corrected chi connectivity index (χ2v) is 4.58. The topological polar surface area (TPSA) is 17.1 Å². The summed E-state index contributed by atoms with van der Waals surface area (Å²) in [6.45, 7) is 0. The molecule has 1 aromatic rings. The molecule has 0 saturated heterocycles. The minimum absolute atomic E-state index is 0.0418. The molecule has 0 unspecified atom stereocenters. The molecule has 0 bridgehead atoms. The van der Waals surface area contributed by atoms with E-state index < -0.39 is 11.7 Å². The van der Waals surface area contributed by atoms with E-state index in [1.54, 1.807) is 0 Å². The first-order valence-electron chi connectivity index (χ1n) is 4.28. The maximum absolute atomic E-state index is 12.4. The minimum atomic E-state index is -4.38. The van der Waals surface area contributed by atoms with Gasteiger partial charge in [-0.05, 0) is 17.7 Å². The highest BCUT2D eigenvalue weighted by Gasteiger charge is 2.32. The van der Waals surface area contributed by atoms with Crippen molar-refractivity contribution in [1.82, 2.24) is 0 Å². The van der Waals surface area contributed by atoms with Gasteiger partial charge < -0.3 is 0 Å². The fourth-order valence-electron chi connectivity index (χ4n) is 1.17. The highest BCUT2D eigenvalue weighted by molar-refractivity contribution is 9.10. The molecule has 0 spiro atoms. The van der Waals surface area contributed by atoms with Crippen LogP contribution >= 0.6 is 31.9 Å². The average molecular weight is 360 g/mol. The Morgan fingerprint density at radius 1 is 1.31 bits per heavy atom. The molecule has 0 aliphatic carbocycles. The van der Waals surface area contributed by atoms with E-state index >= 15 is 0 Å². The number of benzene rings is 1. The zero-order valence-electron chi connectivity index (χ0n) is 7.94. The van der Waals surface area contributed by atoms with Crippen LogP contribution in [0.1, 0.15) is 11.1 Å². The summed E-state index contributed by atoms with van der Waals surface area (Å²) in [5.41, 5.74) is -0.174. The molecule has 1 rings (SSSR count). The van der Waals surface area contributed by atoms with Crippen molar-refractivity contribution in [3.8, 4) is 0 Å². The van der Waals surface area contributed by atoms with Crippen LogP contribution in [0, 0.1) is 0 Å². The van der Waals surface area contributed by atoms with E-state index in [0.29, 0.717) is 5.56 Å². The van der Waals surface area contributed by atoms with Gasteiger partial charge >= 0.3 is 6.18 Å². The summed E-state index contributed by atoms with van der Waals surface area (Å²) < 4.78 is 37.2. The summed E-state index contributed by atoms with van der Waals surface area (Å²) in [7, 11) is 0. The summed E-state index contributed by atoms with van der Waals surface area (Å²) >= 11 is 5.85. The Morgan fingerprint density at radius 2 is 1.94 bits per heavy atom. The summed E-state index contributed by atoms with van der Waals surface area (Å²) in [6.07, 6.45) is -4.25. The highest BCUT2D eigenvalue weighted by atomic mass is 79.9. The zero-order valence-corrected chi connectivity index (χ0v) is 11.1. The fourth-order valence-corrected chi connectivity index (χ4v) is 2.02. The largest absolute Gasteiger partial charge is 0.417 e. The average Bonchev–Trinajstić information content (AvgIpc) is 2.15. The van der Waals surface area contributed by atoms with Crippen molar-refractivity contribution in [2.24, 2.45) is 0 Å². The number of hydrogen-bond acceptors (Lipinski definition) is 1. The number of Topliss-reactive ketones (excluding diaryl/α,β-unsaturated/α-hetero) is 1. The molecular formula is C10H7Br2F3O. The molecule has 6 heteroatoms. The van der Waals surface area contributed by atoms with E-state index in [1.165, 1.54) is 12.1 Å². The maximum Gasteiger partial charge on any atom is 0.417 e. The van der Waals surface area contributed by atoms with Gasteiger partial charge in [0, 0.05) is 10.9 Å². The predicted octanol–water partition coefficient (Wildman–Crippen LogP) is 3.97. The molecule has 0 aliphatic rings. The quantitative estimate of drug-likeness (QED) is 0.746. The van der Waals surface area contributed by atoms with Crippen molar-refractivity contribution in [3.05, 3.63) is 33.8 Å². The number of alkyl halides is 4. The monoisotopic (exact) mass is 358 g/mol. The maximum atomic E-state index is 12.4. The second-order valence-electron chi connectivity index (χ2n) is 3.16. The standard InChI is InChI=1S/C10H7Br2F3O/c11-5-7(16)3-6-1-2-8(9(12)4-6)10(13,14)15/h1-2,4H,3,5H2. The molecule has 0 aliphatic heterocycles. The molecular weight excluding hydrogens is 353 g/mol. The van der Waals surface area contributed by atoms with Crippen LogP contribution in [-0.4, -0.2) is 11.1 Å². The van der Waals surface area contributed by atoms with Gasteiger partial charge in [-0.2, -0.15) is 13.2 Å². The first-order valence-corrected chi connectivity index (χ1v) is 6.19. The van der Waals surface area contributed by atoms with Crippen LogP contribution in [0.25, 0.3) is 0 Å². The number of halogens is 5. The number of carbonyl (C=O) groups excluding carboxylic acids is 1. The molecule has 0 radical (unpaired) electrons. The zero-order chi connectivity index (χ0) is 12.3. The van der Waals surface area contributed by atoms with Gasteiger partial charge in [-0.25, -0.2) is 0 Å². The normalized spacial score (nSPS) is 11.6. The molecule has 0 amide bonds. The van der Waals surface area contributed by atoms with Crippen molar-refractivity contribution in [3.63, 3.8) is 0 Å². The van der Waals surface area contributed by atoms with Crippen LogP contribution in [0.4, 0.5) is 13.2 Å². The smallest absolute Gasteiger partial charge is 0.298 e. The van der Waals surface area contributed by atoms with Crippen LogP contribution in [-0.2, 0) is 17.4 Å². The molecule has 88 valence electrons. The van der Waals surface area contributed by atoms with E-state index in [1.807, 2.05) is 0 Å². The Kier molecular flexibility index (Phi) is 4.55. The lowest BCUT2D eigenvalue weighted by Crippen LogP contribution is -2.08. The molecule has 0 fully saturated rings. The first kappa shape index (κ1) is 13.7. The van der Waals surface area contributed by atoms with Crippen molar-refractivity contribution in [2.75, 3.05) is 5.33 Å². The number of ketones is 1. The van der Waals surface area contributed by atoms with Crippen molar-refractivity contribution in [1.29, 1.82) is 0 Å². The van der Waals surface area contributed by atoms with Gasteiger partial charge in [-0.3, -0.25) is 4.79 Å². The van der Waals surface area contributed by atoms with Gasteiger partial charge in [0.15, 0.2) is 0 Å². The van der Waals surface area contributed by atoms with Gasteiger partial charge in [0.1, 0.15) is 5.78 Å². The summed E-state index contributed by atoms with van der Waals surface area (Å²) in [5, 5.41) is 0.200. The molecule has 0 aromatic heterocycles. The SMILES string of the molecule is O=C(CBr)Cc1ccc(C(F)(F)F)c(Br)c1. The summed E-state index contributed by atoms with van der Waals surface area (Å²) in [6, 6.07) is 3.61. The Balaban J connectivity index is 2.96. The molecule has 0 atom stereocenters.